The predicted molar refractivity (Wildman–Crippen MR) is 126 cm³/mol. The van der Waals surface area contributed by atoms with Gasteiger partial charge in [-0.1, -0.05) is 48.2 Å². The van der Waals surface area contributed by atoms with E-state index in [2.05, 4.69) is 22.8 Å². The Bertz CT molecular complexity index is 1290. The zero-order valence-electron chi connectivity index (χ0n) is 17.9. The van der Waals surface area contributed by atoms with E-state index < -0.39 is 10.0 Å². The highest BCUT2D eigenvalue weighted by molar-refractivity contribution is 7.98. The average molecular weight is 482 g/mol. The van der Waals surface area contributed by atoms with Gasteiger partial charge in [0, 0.05) is 31.0 Å². The minimum absolute atomic E-state index is 0.215. The maximum absolute atomic E-state index is 13.1. The first kappa shape index (κ1) is 23.2. The Balaban J connectivity index is 1.63. The molecule has 0 radical (unpaired) electrons. The summed E-state index contributed by atoms with van der Waals surface area (Å²) in [6.45, 7) is 5.75. The summed E-state index contributed by atoms with van der Waals surface area (Å²) < 4.78 is 34.8. The molecule has 0 atom stereocenters. The van der Waals surface area contributed by atoms with Crippen LogP contribution < -0.4 is 0 Å². The molecule has 0 amide bonds. The molecule has 2 heterocycles. The summed E-state index contributed by atoms with van der Waals surface area (Å²) in [5.74, 6) is 1.12. The Morgan fingerprint density at radius 1 is 1.15 bits per heavy atom. The van der Waals surface area contributed by atoms with Gasteiger partial charge in [-0.15, -0.1) is 16.8 Å². The standard InChI is InChI=1S/C23H23N5O3S2/c1-2-10-28-22(25-26-23(28)32-17-20-7-4-3-6-19(20)16-24)18-8-5-9-21(15-18)33(29,30)27-11-13-31-14-12-27/h2-9,15H,1,10-14,17H2. The van der Waals surface area contributed by atoms with Crippen molar-refractivity contribution in [3.8, 4) is 17.5 Å². The number of aromatic nitrogens is 3. The van der Waals surface area contributed by atoms with E-state index in [1.165, 1.54) is 16.1 Å². The minimum Gasteiger partial charge on any atom is -0.379 e. The normalized spacial score (nSPS) is 14.6. The maximum atomic E-state index is 13.1. The molecule has 0 N–H and O–H groups in total. The molecule has 10 heteroatoms. The number of allylic oxidation sites excluding steroid dienone is 1. The molecule has 1 aliphatic heterocycles. The maximum Gasteiger partial charge on any atom is 0.243 e. The van der Waals surface area contributed by atoms with Crippen molar-refractivity contribution in [2.24, 2.45) is 0 Å². The summed E-state index contributed by atoms with van der Waals surface area (Å²) in [7, 11) is -3.62. The third kappa shape index (κ3) is 5.02. The average Bonchev–Trinajstić information content (AvgIpc) is 3.26. The summed E-state index contributed by atoms with van der Waals surface area (Å²) in [5, 5.41) is 18.7. The van der Waals surface area contributed by atoms with E-state index >= 15 is 0 Å². The number of morpholine rings is 1. The highest BCUT2D eigenvalue weighted by atomic mass is 32.2. The molecule has 1 aliphatic rings. The van der Waals surface area contributed by atoms with Crippen LogP contribution in [0.5, 0.6) is 0 Å². The summed E-state index contributed by atoms with van der Waals surface area (Å²) >= 11 is 1.47. The molecule has 1 saturated heterocycles. The van der Waals surface area contributed by atoms with Crippen molar-refractivity contribution in [1.82, 2.24) is 19.1 Å². The molecule has 0 saturated carbocycles. The number of hydrogen-bond donors (Lipinski definition) is 0. The SMILES string of the molecule is C=CCn1c(SCc2ccccc2C#N)nnc1-c1cccc(S(=O)(=O)N2CCOCC2)c1. The van der Waals surface area contributed by atoms with Crippen molar-refractivity contribution in [2.45, 2.75) is 22.3 Å². The quantitative estimate of drug-likeness (QED) is 0.359. The summed E-state index contributed by atoms with van der Waals surface area (Å²) in [5.41, 5.74) is 2.20. The molecule has 0 unspecified atom stereocenters. The van der Waals surface area contributed by atoms with Gasteiger partial charge in [-0.25, -0.2) is 8.42 Å². The van der Waals surface area contributed by atoms with Crippen LogP contribution in [0.15, 0.2) is 71.2 Å². The highest BCUT2D eigenvalue weighted by Gasteiger charge is 2.27. The van der Waals surface area contributed by atoms with Gasteiger partial charge in [0.1, 0.15) is 0 Å². The summed E-state index contributed by atoms with van der Waals surface area (Å²) in [6.07, 6.45) is 1.74. The Morgan fingerprint density at radius 2 is 1.94 bits per heavy atom. The van der Waals surface area contributed by atoms with Crippen LogP contribution in [0.4, 0.5) is 0 Å². The second-order valence-electron chi connectivity index (χ2n) is 7.31. The molecule has 0 spiro atoms. The van der Waals surface area contributed by atoms with Crippen LogP contribution >= 0.6 is 11.8 Å². The number of nitrogens with zero attached hydrogens (tertiary/aromatic N) is 5. The molecule has 0 aliphatic carbocycles. The molecule has 3 aromatic rings. The second kappa shape index (κ2) is 10.3. The van der Waals surface area contributed by atoms with Gasteiger partial charge in [0.15, 0.2) is 11.0 Å². The van der Waals surface area contributed by atoms with Crippen molar-refractivity contribution < 1.29 is 13.2 Å². The Hall–Kier alpha value is -2.97. The number of rotatable bonds is 8. The van der Waals surface area contributed by atoms with Crippen LogP contribution in [-0.4, -0.2) is 53.8 Å². The third-order valence-corrected chi connectivity index (χ3v) is 8.13. The fourth-order valence-electron chi connectivity index (χ4n) is 3.53. The lowest BCUT2D eigenvalue weighted by atomic mass is 10.1. The predicted octanol–water partition coefficient (Wildman–Crippen LogP) is 3.32. The van der Waals surface area contributed by atoms with Gasteiger partial charge in [0.2, 0.25) is 10.0 Å². The zero-order chi connectivity index (χ0) is 23.3. The molecular formula is C23H23N5O3S2. The fraction of sp³-hybridized carbons (Fsp3) is 0.261. The van der Waals surface area contributed by atoms with Gasteiger partial charge >= 0.3 is 0 Å². The Kier molecular flexibility index (Phi) is 7.25. The first-order chi connectivity index (χ1) is 16.0. The molecule has 170 valence electrons. The lowest BCUT2D eigenvalue weighted by Gasteiger charge is -2.26. The van der Waals surface area contributed by atoms with Gasteiger partial charge in [-0.3, -0.25) is 4.57 Å². The number of benzene rings is 2. The molecular weight excluding hydrogens is 458 g/mol. The topological polar surface area (TPSA) is 101 Å². The summed E-state index contributed by atoms with van der Waals surface area (Å²) in [6, 6.07) is 16.4. The van der Waals surface area contributed by atoms with E-state index in [1.54, 1.807) is 30.3 Å². The smallest absolute Gasteiger partial charge is 0.243 e. The zero-order valence-corrected chi connectivity index (χ0v) is 19.6. The fourth-order valence-corrected chi connectivity index (χ4v) is 5.94. The molecule has 2 aromatic carbocycles. The molecule has 0 bridgehead atoms. The molecule has 8 nitrogen and oxygen atoms in total. The van der Waals surface area contributed by atoms with E-state index in [1.807, 2.05) is 28.8 Å². The van der Waals surface area contributed by atoms with E-state index in [0.29, 0.717) is 60.7 Å². The van der Waals surface area contributed by atoms with Crippen molar-refractivity contribution in [3.63, 3.8) is 0 Å². The van der Waals surface area contributed by atoms with Crippen LogP contribution in [-0.2, 0) is 27.1 Å². The second-order valence-corrected chi connectivity index (χ2v) is 10.2. The van der Waals surface area contributed by atoms with E-state index in [4.69, 9.17) is 4.74 Å². The largest absolute Gasteiger partial charge is 0.379 e. The Morgan fingerprint density at radius 3 is 2.70 bits per heavy atom. The third-order valence-electron chi connectivity index (χ3n) is 5.22. The van der Waals surface area contributed by atoms with Gasteiger partial charge < -0.3 is 4.74 Å². The number of sulfonamides is 1. The van der Waals surface area contributed by atoms with Crippen LogP contribution in [0.3, 0.4) is 0 Å². The number of thioether (sulfide) groups is 1. The monoisotopic (exact) mass is 481 g/mol. The number of ether oxygens (including phenoxy) is 1. The van der Waals surface area contributed by atoms with Crippen LogP contribution in [0.25, 0.3) is 11.4 Å². The highest BCUT2D eigenvalue weighted by Crippen LogP contribution is 2.29. The van der Waals surface area contributed by atoms with E-state index in [9.17, 15) is 13.7 Å². The van der Waals surface area contributed by atoms with Crippen molar-refractivity contribution in [3.05, 3.63) is 72.3 Å². The minimum atomic E-state index is -3.62. The van der Waals surface area contributed by atoms with Crippen LogP contribution in [0.2, 0.25) is 0 Å². The molecule has 33 heavy (non-hydrogen) atoms. The summed E-state index contributed by atoms with van der Waals surface area (Å²) in [4.78, 5) is 0.215. The van der Waals surface area contributed by atoms with E-state index in [0.717, 1.165) is 5.56 Å². The lowest BCUT2D eigenvalue weighted by molar-refractivity contribution is 0.0730. The molecule has 1 aromatic heterocycles. The molecule has 1 fully saturated rings. The van der Waals surface area contributed by atoms with Crippen molar-refractivity contribution in [2.75, 3.05) is 26.3 Å². The first-order valence-corrected chi connectivity index (χ1v) is 12.8. The van der Waals surface area contributed by atoms with E-state index in [-0.39, 0.29) is 4.90 Å². The Labute approximate surface area is 197 Å². The number of nitriles is 1. The lowest BCUT2D eigenvalue weighted by Crippen LogP contribution is -2.40. The molecule has 4 rings (SSSR count). The first-order valence-electron chi connectivity index (χ1n) is 10.4. The number of hydrogen-bond acceptors (Lipinski definition) is 7. The van der Waals surface area contributed by atoms with Crippen molar-refractivity contribution >= 4 is 21.8 Å². The van der Waals surface area contributed by atoms with Gasteiger partial charge in [-0.2, -0.15) is 9.57 Å². The van der Waals surface area contributed by atoms with Crippen molar-refractivity contribution in [1.29, 1.82) is 5.26 Å². The van der Waals surface area contributed by atoms with Gasteiger partial charge in [0.25, 0.3) is 0 Å². The van der Waals surface area contributed by atoms with Crippen LogP contribution in [0, 0.1) is 11.3 Å². The van der Waals surface area contributed by atoms with Gasteiger partial charge in [-0.05, 0) is 23.8 Å². The van der Waals surface area contributed by atoms with Gasteiger partial charge in [0.05, 0.1) is 29.7 Å². The van der Waals surface area contributed by atoms with Crippen LogP contribution in [0.1, 0.15) is 11.1 Å².